The van der Waals surface area contributed by atoms with Gasteiger partial charge in [0.1, 0.15) is 0 Å². The molecule has 0 spiro atoms. The average Bonchev–Trinajstić information content (AvgIpc) is 2.83. The number of aryl methyl sites for hydroxylation is 2. The molecule has 2 rings (SSSR count). The van der Waals surface area contributed by atoms with E-state index in [9.17, 15) is 18.5 Å². The smallest absolute Gasteiger partial charge is 0.269 e. The summed E-state index contributed by atoms with van der Waals surface area (Å²) in [5.41, 5.74) is 2.45. The van der Waals surface area contributed by atoms with Gasteiger partial charge in [0.2, 0.25) is 10.0 Å². The summed E-state index contributed by atoms with van der Waals surface area (Å²) in [5, 5.41) is 14.6. The summed E-state index contributed by atoms with van der Waals surface area (Å²) >= 11 is 0. The number of hydrogen-bond acceptors (Lipinski definition) is 5. The van der Waals surface area contributed by atoms with Crippen LogP contribution in [0, 0.1) is 17.0 Å². The molecule has 1 aromatic heterocycles. The summed E-state index contributed by atoms with van der Waals surface area (Å²) in [6.45, 7) is 2.07. The molecular formula is C14H18N4O4S. The van der Waals surface area contributed by atoms with Crippen molar-refractivity contribution in [3.05, 3.63) is 57.4 Å². The number of sulfonamides is 1. The second-order valence-corrected chi connectivity index (χ2v) is 7.12. The normalized spacial score (nSPS) is 11.6. The van der Waals surface area contributed by atoms with Crippen LogP contribution in [0.15, 0.2) is 30.5 Å². The lowest BCUT2D eigenvalue weighted by molar-refractivity contribution is -0.384. The molecule has 0 unspecified atom stereocenters. The summed E-state index contributed by atoms with van der Waals surface area (Å²) in [4.78, 5) is 10.1. The van der Waals surface area contributed by atoms with Crippen LogP contribution in [0.5, 0.6) is 0 Å². The second kappa shape index (κ2) is 6.88. The number of nitrogens with one attached hydrogen (secondary N) is 1. The van der Waals surface area contributed by atoms with Crippen molar-refractivity contribution >= 4 is 15.7 Å². The van der Waals surface area contributed by atoms with Crippen LogP contribution in [0.3, 0.4) is 0 Å². The lowest BCUT2D eigenvalue weighted by atomic mass is 10.1. The van der Waals surface area contributed by atoms with E-state index >= 15 is 0 Å². The van der Waals surface area contributed by atoms with Gasteiger partial charge in [-0.25, -0.2) is 13.1 Å². The molecule has 0 bridgehead atoms. The molecule has 1 heterocycles. The van der Waals surface area contributed by atoms with Crippen LogP contribution in [0.4, 0.5) is 5.69 Å². The first-order valence-electron chi connectivity index (χ1n) is 6.96. The quantitative estimate of drug-likeness (QED) is 0.605. The fraction of sp³-hybridized carbons (Fsp3) is 0.357. The van der Waals surface area contributed by atoms with E-state index in [1.165, 1.54) is 12.1 Å². The molecule has 8 nitrogen and oxygen atoms in total. The molecule has 0 aliphatic rings. The molecule has 23 heavy (non-hydrogen) atoms. The Labute approximate surface area is 134 Å². The van der Waals surface area contributed by atoms with Crippen molar-refractivity contribution in [3.8, 4) is 0 Å². The predicted octanol–water partition coefficient (Wildman–Crippen LogP) is 1.30. The number of nitro benzene ring substituents is 1. The molecule has 0 atom stereocenters. The monoisotopic (exact) mass is 338 g/mol. The molecule has 1 aromatic carbocycles. The molecule has 1 N–H and O–H groups in total. The van der Waals surface area contributed by atoms with Crippen LogP contribution < -0.4 is 4.72 Å². The van der Waals surface area contributed by atoms with Gasteiger partial charge in [-0.3, -0.25) is 14.8 Å². The van der Waals surface area contributed by atoms with Crippen molar-refractivity contribution in [1.29, 1.82) is 0 Å². The predicted molar refractivity (Wildman–Crippen MR) is 85.4 cm³/mol. The zero-order chi connectivity index (χ0) is 17.0. The fourth-order valence-corrected chi connectivity index (χ4v) is 3.04. The summed E-state index contributed by atoms with van der Waals surface area (Å²) in [6.07, 6.45) is 1.92. The van der Waals surface area contributed by atoms with E-state index in [1.807, 2.05) is 6.92 Å². The van der Waals surface area contributed by atoms with Crippen LogP contribution in [-0.4, -0.2) is 28.9 Å². The van der Waals surface area contributed by atoms with E-state index in [0.29, 0.717) is 6.42 Å². The Morgan fingerprint density at radius 1 is 1.30 bits per heavy atom. The molecule has 0 saturated carbocycles. The van der Waals surface area contributed by atoms with E-state index in [1.54, 1.807) is 30.1 Å². The van der Waals surface area contributed by atoms with Crippen LogP contribution >= 0.6 is 0 Å². The summed E-state index contributed by atoms with van der Waals surface area (Å²) in [6, 6.07) is 5.88. The molecule has 124 valence electrons. The number of rotatable bonds is 7. The number of nitro groups is 1. The summed E-state index contributed by atoms with van der Waals surface area (Å²) in [7, 11) is -1.64. The first kappa shape index (κ1) is 17.1. The third-order valence-corrected chi connectivity index (χ3v) is 4.95. The topological polar surface area (TPSA) is 107 Å². The van der Waals surface area contributed by atoms with Gasteiger partial charge in [0, 0.05) is 37.0 Å². The Bertz CT molecular complexity index is 797. The van der Waals surface area contributed by atoms with Gasteiger partial charge in [0.05, 0.1) is 16.9 Å². The molecular weight excluding hydrogens is 320 g/mol. The minimum atomic E-state index is -3.43. The van der Waals surface area contributed by atoms with Gasteiger partial charge in [-0.15, -0.1) is 0 Å². The molecule has 0 amide bonds. The van der Waals surface area contributed by atoms with Crippen LogP contribution in [0.2, 0.25) is 0 Å². The maximum Gasteiger partial charge on any atom is 0.269 e. The zero-order valence-corrected chi connectivity index (χ0v) is 13.7. The van der Waals surface area contributed by atoms with Crippen molar-refractivity contribution < 1.29 is 13.3 Å². The molecule has 2 aromatic rings. The highest BCUT2D eigenvalue weighted by Crippen LogP contribution is 2.13. The van der Waals surface area contributed by atoms with E-state index in [4.69, 9.17) is 0 Å². The molecule has 0 saturated heterocycles. The third-order valence-electron chi connectivity index (χ3n) is 3.63. The van der Waals surface area contributed by atoms with Crippen LogP contribution in [0.1, 0.15) is 16.8 Å². The van der Waals surface area contributed by atoms with E-state index in [2.05, 4.69) is 9.82 Å². The van der Waals surface area contributed by atoms with Crippen molar-refractivity contribution in [1.82, 2.24) is 14.5 Å². The minimum Gasteiger partial charge on any atom is -0.273 e. The molecule has 0 radical (unpaired) electrons. The van der Waals surface area contributed by atoms with Gasteiger partial charge in [-0.2, -0.15) is 5.10 Å². The Morgan fingerprint density at radius 2 is 1.96 bits per heavy atom. The Hall–Kier alpha value is -2.26. The average molecular weight is 338 g/mol. The van der Waals surface area contributed by atoms with E-state index < -0.39 is 14.9 Å². The minimum absolute atomic E-state index is 0.0122. The molecule has 9 heteroatoms. The number of non-ortho nitro benzene ring substituents is 1. The second-order valence-electron chi connectivity index (χ2n) is 5.19. The largest absolute Gasteiger partial charge is 0.273 e. The maximum atomic E-state index is 12.0. The first-order chi connectivity index (χ1) is 10.8. The van der Waals surface area contributed by atoms with E-state index in [-0.39, 0.29) is 18.0 Å². The molecule has 0 aliphatic carbocycles. The Kier molecular flexibility index (Phi) is 5.12. The van der Waals surface area contributed by atoms with Gasteiger partial charge in [0.15, 0.2) is 0 Å². The highest BCUT2D eigenvalue weighted by atomic mass is 32.2. The zero-order valence-electron chi connectivity index (χ0n) is 12.9. The number of hydrogen-bond donors (Lipinski definition) is 1. The SMILES string of the molecule is Cc1c(CNS(=O)(=O)CCc2ccc([N+](=O)[O-])cc2)cnn1C. The van der Waals surface area contributed by atoms with Crippen LogP contribution in [0.25, 0.3) is 0 Å². The summed E-state index contributed by atoms with van der Waals surface area (Å²) < 4.78 is 28.3. The molecule has 0 aliphatic heterocycles. The van der Waals surface area contributed by atoms with Gasteiger partial charge in [0.25, 0.3) is 5.69 Å². The highest BCUT2D eigenvalue weighted by Gasteiger charge is 2.13. The lowest BCUT2D eigenvalue weighted by Gasteiger charge is -2.07. The van der Waals surface area contributed by atoms with Crippen molar-refractivity contribution in [3.63, 3.8) is 0 Å². The van der Waals surface area contributed by atoms with E-state index in [0.717, 1.165) is 16.8 Å². The standard InChI is InChI=1S/C14H18N4O4S/c1-11-13(9-15-17(11)2)10-16-23(21,22)8-7-12-3-5-14(6-4-12)18(19)20/h3-6,9,16H,7-8,10H2,1-2H3. The lowest BCUT2D eigenvalue weighted by Crippen LogP contribution is -2.27. The van der Waals surface area contributed by atoms with Crippen molar-refractivity contribution in [2.75, 3.05) is 5.75 Å². The van der Waals surface area contributed by atoms with Crippen LogP contribution in [-0.2, 0) is 30.0 Å². The Balaban J connectivity index is 1.91. The van der Waals surface area contributed by atoms with Gasteiger partial charge in [-0.1, -0.05) is 12.1 Å². The van der Waals surface area contributed by atoms with Gasteiger partial charge in [-0.05, 0) is 18.9 Å². The highest BCUT2D eigenvalue weighted by molar-refractivity contribution is 7.89. The molecule has 0 fully saturated rings. The number of benzene rings is 1. The number of nitrogens with zero attached hydrogens (tertiary/aromatic N) is 3. The van der Waals surface area contributed by atoms with Crippen molar-refractivity contribution in [2.45, 2.75) is 19.9 Å². The maximum absolute atomic E-state index is 12.0. The Morgan fingerprint density at radius 3 is 2.48 bits per heavy atom. The van der Waals surface area contributed by atoms with Crippen molar-refractivity contribution in [2.24, 2.45) is 7.05 Å². The fourth-order valence-electron chi connectivity index (χ4n) is 2.01. The van der Waals surface area contributed by atoms with Gasteiger partial charge >= 0.3 is 0 Å². The summed E-state index contributed by atoms with van der Waals surface area (Å²) in [5.74, 6) is -0.0792. The third kappa shape index (κ3) is 4.60. The number of aromatic nitrogens is 2. The first-order valence-corrected chi connectivity index (χ1v) is 8.62. The van der Waals surface area contributed by atoms with Gasteiger partial charge < -0.3 is 0 Å².